The van der Waals surface area contributed by atoms with Gasteiger partial charge in [-0.2, -0.15) is 0 Å². The number of hydrogen-bond acceptors (Lipinski definition) is 30. The van der Waals surface area contributed by atoms with Crippen LogP contribution in [0.3, 0.4) is 0 Å². The van der Waals surface area contributed by atoms with Crippen LogP contribution in [0.4, 0.5) is 0 Å². The molecule has 0 fully saturated rings. The van der Waals surface area contributed by atoms with Crippen LogP contribution in [0.5, 0.6) is 11.5 Å². The number of nitrogens with zero attached hydrogens (tertiary/aromatic N) is 1. The molecule has 14 amide bonds. The van der Waals surface area contributed by atoms with Gasteiger partial charge in [0.2, 0.25) is 82.7 Å². The van der Waals surface area contributed by atoms with Crippen LogP contribution in [0.1, 0.15) is 146 Å². The van der Waals surface area contributed by atoms with Gasteiger partial charge in [-0.15, -0.1) is 0 Å². The fraction of sp³-hybridized carbons (Fsp3) is 0.531. The maximum absolute atomic E-state index is 14.8. The van der Waals surface area contributed by atoms with Crippen molar-refractivity contribution in [1.82, 2.24) is 89.7 Å². The molecule has 2 aromatic carbocycles. The normalized spacial score (nSPS) is 14.5. The number of carbonyl (C=O) groups excluding carboxylic acids is 14. The molecule has 0 saturated carbocycles. The summed E-state index contributed by atoms with van der Waals surface area (Å²) in [5, 5.41) is 142. The molecule has 0 aliphatic heterocycles. The fourth-order valence-corrected chi connectivity index (χ4v) is 12.9. The first-order valence-corrected chi connectivity index (χ1v) is 42.2. The molecule has 0 saturated heterocycles. The molecule has 1 aromatic heterocycles. The maximum Gasteiger partial charge on any atom is 0.326 e. The lowest BCUT2D eigenvalue weighted by Crippen LogP contribution is -2.62. The summed E-state index contributed by atoms with van der Waals surface area (Å²) in [7, 11) is 1.27. The van der Waals surface area contributed by atoms with Gasteiger partial charge in [-0.25, -0.2) is 9.78 Å². The van der Waals surface area contributed by atoms with Gasteiger partial charge in [0.05, 0.1) is 69.4 Å². The van der Waals surface area contributed by atoms with E-state index in [1.54, 1.807) is 0 Å². The highest BCUT2D eigenvalue weighted by atomic mass is 16.4. The molecule has 744 valence electrons. The standard InChI is InChI=1S/C81H116N20O34/c1-4-38(2)66(101-79(132)57(35-65(118)119)99-72(125)50(27-41-36-86-37-87-41)93-74(127)52(30-60(108)109)94-67(120)44(11-5-8-22-82)88-70(123)48(25-39-14-18-42(102)19-15-39)91-69(122)47(85-3)28-58(104)105)80(133)100-56(34-64(116)117)78(131)92-49(26-40-16-20-43(103)21-17-40)71(124)89-45(12-6-9-23-83)68(121)95-53(31-61(110)111)75(128)97-55(33-63(114)115)77(130)98-54(32-62(112)113)76(129)96-51(29-59(106)107)73(126)90-46(81(134)135)13-7-10-24-84/h14-21,36-38,44-57,66,85,102-103H,4-13,22-35,82-84H2,1-3H3,(H,86,87)(H,88,123)(H,89,124)(H,90,126)(H,91,122)(H,92,131)(H,93,127)(H,94,120)(H,95,121)(H,96,129)(H,97,128)(H,98,130)(H,99,125)(H,100,133)(H,101,132)(H,104,105)(H,106,107)(H,108,109)(H,110,111)(H,112,113)(H,114,115)(H,116,117)(H,118,119)(H,134,135). The Morgan fingerprint density at radius 3 is 0.793 bits per heavy atom. The summed E-state index contributed by atoms with van der Waals surface area (Å²) in [6.45, 7) is 2.92. The Morgan fingerprint density at radius 2 is 0.533 bits per heavy atom. The molecule has 0 spiro atoms. The fourth-order valence-electron chi connectivity index (χ4n) is 12.9. The largest absolute Gasteiger partial charge is 0.508 e. The first-order valence-electron chi connectivity index (χ1n) is 42.2. The summed E-state index contributed by atoms with van der Waals surface area (Å²) >= 11 is 0. The Labute approximate surface area is 768 Å². The molecule has 16 atom stereocenters. The van der Waals surface area contributed by atoms with Gasteiger partial charge < -0.3 is 158 Å². The van der Waals surface area contributed by atoms with Gasteiger partial charge in [0.1, 0.15) is 96.1 Å². The third-order valence-corrected chi connectivity index (χ3v) is 20.3. The zero-order valence-electron chi connectivity index (χ0n) is 73.5. The van der Waals surface area contributed by atoms with E-state index in [0.29, 0.717) is 12.0 Å². The van der Waals surface area contributed by atoms with E-state index < -0.39 is 304 Å². The van der Waals surface area contributed by atoms with Crippen molar-refractivity contribution in [2.75, 3.05) is 26.7 Å². The predicted octanol–water partition coefficient (Wildman–Crippen LogP) is -8.46. The van der Waals surface area contributed by atoms with Gasteiger partial charge in [0.25, 0.3) is 0 Å². The third kappa shape index (κ3) is 42.8. The molecule has 0 radical (unpaired) electrons. The first-order chi connectivity index (χ1) is 63.6. The van der Waals surface area contributed by atoms with Crippen molar-refractivity contribution >= 4 is 136 Å². The summed E-state index contributed by atoms with van der Waals surface area (Å²) in [5.41, 5.74) is 17.3. The van der Waals surface area contributed by atoms with Gasteiger partial charge in [-0.1, -0.05) is 44.5 Å². The van der Waals surface area contributed by atoms with Gasteiger partial charge in [-0.3, -0.25) is 105 Å². The highest BCUT2D eigenvalue weighted by Gasteiger charge is 2.42. The number of nitrogens with one attached hydrogen (secondary N) is 16. The van der Waals surface area contributed by atoms with E-state index in [-0.39, 0.29) is 100 Å². The van der Waals surface area contributed by atoms with Crippen molar-refractivity contribution in [2.45, 2.75) is 239 Å². The molecule has 3 rings (SSSR count). The van der Waals surface area contributed by atoms with Crippen molar-refractivity contribution in [3.05, 3.63) is 77.9 Å². The number of likely N-dealkylation sites (N-methyl/N-ethyl adjacent to an activating group) is 1. The number of H-pyrrole nitrogens is 1. The Hall–Kier alpha value is -15.1. The van der Waals surface area contributed by atoms with Crippen LogP contribution in [0.15, 0.2) is 61.1 Å². The number of carbonyl (C=O) groups is 23. The lowest BCUT2D eigenvalue weighted by atomic mass is 9.96. The number of aromatic nitrogens is 2. The number of aromatic amines is 1. The predicted molar refractivity (Wildman–Crippen MR) is 460 cm³/mol. The monoisotopic (exact) mass is 1910 g/mol. The molecule has 135 heavy (non-hydrogen) atoms. The number of hydrogen-bond donors (Lipinski definition) is 30. The number of phenols is 2. The molecule has 0 aliphatic rings. The number of benzene rings is 2. The van der Waals surface area contributed by atoms with Crippen LogP contribution in [0, 0.1) is 5.92 Å². The van der Waals surface area contributed by atoms with E-state index in [2.05, 4.69) is 68.5 Å². The number of unbranched alkanes of at least 4 members (excludes halogenated alkanes) is 3. The number of carboxylic acid groups (broad SMARTS) is 9. The summed E-state index contributed by atoms with van der Waals surface area (Å²) < 4.78 is 0. The van der Waals surface area contributed by atoms with Crippen LogP contribution < -0.4 is 97.0 Å². The van der Waals surface area contributed by atoms with Gasteiger partial charge in [-0.05, 0) is 126 Å². The Bertz CT molecular complexity index is 4640. The summed E-state index contributed by atoms with van der Waals surface area (Å²) in [6, 6.07) is -20.2. The van der Waals surface area contributed by atoms with Crippen molar-refractivity contribution in [1.29, 1.82) is 0 Å². The number of rotatable bonds is 66. The first kappa shape index (κ1) is 114. The van der Waals surface area contributed by atoms with Crippen LogP contribution in [0.25, 0.3) is 0 Å². The Kier molecular flexibility index (Phi) is 49.5. The zero-order valence-corrected chi connectivity index (χ0v) is 73.5. The van der Waals surface area contributed by atoms with E-state index in [0.717, 1.165) is 18.5 Å². The van der Waals surface area contributed by atoms with Crippen LogP contribution in [-0.4, -0.2) is 320 Å². The smallest absolute Gasteiger partial charge is 0.326 e. The van der Waals surface area contributed by atoms with Crippen molar-refractivity contribution < 1.29 is 166 Å². The molecular formula is C81H116N20O34. The molecule has 0 aliphatic carbocycles. The average Bonchev–Trinajstić information content (AvgIpc) is 1.47. The molecule has 16 unspecified atom stereocenters. The van der Waals surface area contributed by atoms with Crippen LogP contribution in [0.2, 0.25) is 0 Å². The lowest BCUT2D eigenvalue weighted by Gasteiger charge is -2.29. The van der Waals surface area contributed by atoms with Crippen LogP contribution >= 0.6 is 0 Å². The number of aliphatic carboxylic acids is 9. The minimum atomic E-state index is -2.43. The second kappa shape index (κ2) is 58.6. The van der Waals surface area contributed by atoms with Crippen molar-refractivity contribution in [3.63, 3.8) is 0 Å². The van der Waals surface area contributed by atoms with E-state index in [4.69, 9.17) is 17.2 Å². The molecule has 3 aromatic rings. The molecule has 1 heterocycles. The van der Waals surface area contributed by atoms with Crippen molar-refractivity contribution in [3.8, 4) is 11.5 Å². The summed E-state index contributed by atoms with van der Waals surface area (Å²) in [4.78, 5) is 316. The Balaban J connectivity index is 2.04. The minimum absolute atomic E-state index is 0.0225. The number of imidazole rings is 1. The number of nitrogens with two attached hydrogens (primary N) is 3. The van der Waals surface area contributed by atoms with Crippen molar-refractivity contribution in [2.24, 2.45) is 23.1 Å². The molecule has 33 N–H and O–H groups in total. The van der Waals surface area contributed by atoms with E-state index >= 15 is 0 Å². The summed E-state index contributed by atoms with van der Waals surface area (Å²) in [6.07, 6.45) is -9.74. The molecular weight excluding hydrogens is 1800 g/mol. The zero-order chi connectivity index (χ0) is 101. The van der Waals surface area contributed by atoms with Crippen LogP contribution in [-0.2, 0) is 130 Å². The van der Waals surface area contributed by atoms with E-state index in [1.165, 1.54) is 63.5 Å². The summed E-state index contributed by atoms with van der Waals surface area (Å²) in [5.74, 6) is -37.0. The molecule has 0 bridgehead atoms. The number of amides is 14. The average molecular weight is 1910 g/mol. The van der Waals surface area contributed by atoms with Gasteiger partial charge in [0, 0.05) is 25.5 Å². The second-order valence-corrected chi connectivity index (χ2v) is 31.0. The quantitative estimate of drug-likeness (QED) is 0.0233. The topological polar surface area (TPSA) is 902 Å². The van der Waals surface area contributed by atoms with E-state index in [9.17, 15) is 166 Å². The molecule has 54 heteroatoms. The third-order valence-electron chi connectivity index (χ3n) is 20.3. The Morgan fingerprint density at radius 1 is 0.304 bits per heavy atom. The highest BCUT2D eigenvalue weighted by Crippen LogP contribution is 2.19. The van der Waals surface area contributed by atoms with Gasteiger partial charge in [0.15, 0.2) is 0 Å². The SMILES string of the molecule is CCC(C)C(NC(=O)C(CC(=O)O)NC(=O)C(Cc1c[nH]cn1)NC(=O)C(CC(=O)O)NC(=O)C(CCCCN)NC(=O)C(Cc1ccc(O)cc1)NC(=O)C(CC(=O)O)NC)C(=O)NC(CC(=O)O)C(=O)NC(Cc1ccc(O)cc1)C(=O)NC(CCCCN)C(=O)NC(CC(=O)O)C(=O)NC(CC(=O)O)C(=O)NC(CC(=O)O)C(=O)NC(CC(=O)O)C(=O)NC(CCCCN)C(=O)O. The van der Waals surface area contributed by atoms with Gasteiger partial charge >= 0.3 is 53.7 Å². The second-order valence-electron chi connectivity index (χ2n) is 31.0. The maximum atomic E-state index is 14.8. The molecule has 54 nitrogen and oxygen atoms in total. The lowest BCUT2D eigenvalue weighted by molar-refractivity contribution is -0.145. The minimum Gasteiger partial charge on any atom is -0.508 e. The van der Waals surface area contributed by atoms with E-state index in [1.807, 2.05) is 21.3 Å². The highest BCUT2D eigenvalue weighted by molar-refractivity contribution is 6.03. The number of phenolic OH excluding ortho intramolecular Hbond substituents is 2. The number of aromatic hydroxyl groups is 2. The number of carboxylic acids is 9.